The van der Waals surface area contributed by atoms with E-state index in [0.717, 1.165) is 5.71 Å². The van der Waals surface area contributed by atoms with E-state index in [1.807, 2.05) is 12.2 Å². The summed E-state index contributed by atoms with van der Waals surface area (Å²) in [5, 5.41) is 2.48. The van der Waals surface area contributed by atoms with Gasteiger partial charge in [0.05, 0.1) is 5.71 Å². The van der Waals surface area contributed by atoms with Crippen molar-refractivity contribution in [1.29, 1.82) is 0 Å². The number of fused-ring (bicyclic) bond motifs is 1. The number of aliphatic imine (C=N–C) groups is 2. The molecule has 1 heterocycles. The van der Waals surface area contributed by atoms with Crippen LogP contribution in [0.15, 0.2) is 58.1 Å². The molecule has 0 radical (unpaired) electrons. The van der Waals surface area contributed by atoms with Gasteiger partial charge in [-0.05, 0) is 34.2 Å². The zero-order chi connectivity index (χ0) is 11.3. The molecule has 2 nitrogen and oxygen atoms in total. The normalized spacial score (nSPS) is 27.1. The van der Waals surface area contributed by atoms with Gasteiger partial charge in [0.2, 0.25) is 0 Å². The van der Waals surface area contributed by atoms with E-state index in [1.54, 1.807) is 6.34 Å². The second kappa shape index (κ2) is 2.92. The van der Waals surface area contributed by atoms with E-state index in [0.29, 0.717) is 0 Å². The summed E-state index contributed by atoms with van der Waals surface area (Å²) in [5.74, 6) is 0. The van der Waals surface area contributed by atoms with Crippen molar-refractivity contribution in [3.63, 3.8) is 0 Å². The molecule has 0 amide bonds. The Morgan fingerprint density at radius 2 is 1.94 bits per heavy atom. The number of benzene rings is 1. The lowest BCUT2D eigenvalue weighted by atomic mass is 9.78. The molecule has 1 aromatic rings. The van der Waals surface area contributed by atoms with Gasteiger partial charge in [-0.25, -0.2) is 4.99 Å². The number of allylic oxidation sites excluding steroid dienone is 2. The highest BCUT2D eigenvalue weighted by molar-refractivity contribution is 6.18. The van der Waals surface area contributed by atoms with E-state index < -0.39 is 0 Å². The molecular formula is C15H10N2. The monoisotopic (exact) mass is 218 g/mol. The van der Waals surface area contributed by atoms with Crippen molar-refractivity contribution in [2.45, 2.75) is 5.54 Å². The van der Waals surface area contributed by atoms with Crippen LogP contribution in [0.5, 0.6) is 0 Å². The van der Waals surface area contributed by atoms with Crippen molar-refractivity contribution < 1.29 is 0 Å². The third-order valence-corrected chi connectivity index (χ3v) is 3.49. The lowest BCUT2D eigenvalue weighted by molar-refractivity contribution is 0.906. The third kappa shape index (κ3) is 1.04. The van der Waals surface area contributed by atoms with E-state index in [1.165, 1.54) is 16.0 Å². The highest BCUT2D eigenvalue weighted by Crippen LogP contribution is 2.33. The second-order valence-corrected chi connectivity index (χ2v) is 4.42. The molecule has 0 aromatic heterocycles. The summed E-state index contributed by atoms with van der Waals surface area (Å²) in [6.07, 6.45) is 12.3. The second-order valence-electron chi connectivity index (χ2n) is 4.42. The molecule has 1 unspecified atom stereocenters. The maximum atomic E-state index is 4.58. The Hall–Kier alpha value is -2.22. The minimum Gasteiger partial charge on any atom is -0.251 e. The minimum absolute atomic E-state index is 0.358. The smallest absolute Gasteiger partial charge is 0.148 e. The third-order valence-electron chi connectivity index (χ3n) is 3.49. The maximum absolute atomic E-state index is 4.58. The summed E-state index contributed by atoms with van der Waals surface area (Å²) in [6.45, 7) is 0. The molecule has 0 fully saturated rings. The lowest BCUT2D eigenvalue weighted by Gasteiger charge is -2.29. The van der Waals surface area contributed by atoms with Crippen molar-refractivity contribution in [3.8, 4) is 0 Å². The van der Waals surface area contributed by atoms with Crippen LogP contribution in [0.2, 0.25) is 0 Å². The molecule has 2 aliphatic carbocycles. The maximum Gasteiger partial charge on any atom is 0.148 e. The van der Waals surface area contributed by atoms with Crippen LogP contribution in [-0.2, 0) is 0 Å². The summed E-state index contributed by atoms with van der Waals surface area (Å²) in [4.78, 5) is 8.93. The first kappa shape index (κ1) is 8.88. The summed E-state index contributed by atoms with van der Waals surface area (Å²) >= 11 is 0. The van der Waals surface area contributed by atoms with Crippen molar-refractivity contribution in [2.24, 2.45) is 9.98 Å². The number of rotatable bonds is 0. The van der Waals surface area contributed by atoms with Gasteiger partial charge in [0.25, 0.3) is 0 Å². The van der Waals surface area contributed by atoms with Gasteiger partial charge in [-0.1, -0.05) is 36.4 Å². The highest BCUT2D eigenvalue weighted by atomic mass is 15.0. The first-order chi connectivity index (χ1) is 8.38. The lowest BCUT2D eigenvalue weighted by Crippen LogP contribution is -2.43. The SMILES string of the molecule is C1=CC2=NC=NC23C=c2ccccc2=CC3=C1. The molecule has 3 aliphatic rings. The first-order valence-electron chi connectivity index (χ1n) is 5.69. The standard InChI is InChI=1S/C15H10N2/c1-2-5-12-9-15-13(8-11(12)4-1)6-3-7-14(15)16-10-17-15/h1-10H. The molecule has 1 atom stereocenters. The van der Waals surface area contributed by atoms with Gasteiger partial charge in [0, 0.05) is 0 Å². The Morgan fingerprint density at radius 1 is 1.06 bits per heavy atom. The molecule has 0 N–H and O–H groups in total. The summed E-state index contributed by atoms with van der Waals surface area (Å²) < 4.78 is 0. The molecule has 80 valence electrons. The van der Waals surface area contributed by atoms with Gasteiger partial charge in [0.1, 0.15) is 11.9 Å². The molecule has 1 aliphatic heterocycles. The Bertz CT molecular complexity index is 747. The predicted molar refractivity (Wildman–Crippen MR) is 70.5 cm³/mol. The van der Waals surface area contributed by atoms with Crippen LogP contribution in [0, 0.1) is 0 Å². The highest BCUT2D eigenvalue weighted by Gasteiger charge is 2.39. The van der Waals surface area contributed by atoms with Crippen LogP contribution in [0.25, 0.3) is 12.2 Å². The van der Waals surface area contributed by atoms with Crippen LogP contribution in [0.4, 0.5) is 0 Å². The topological polar surface area (TPSA) is 24.7 Å². The summed E-state index contributed by atoms with van der Waals surface area (Å²) in [5.41, 5.74) is 1.86. The molecule has 0 saturated carbocycles. The quantitative estimate of drug-likeness (QED) is 0.620. The molecule has 4 rings (SSSR count). The summed E-state index contributed by atoms with van der Waals surface area (Å²) in [7, 11) is 0. The minimum atomic E-state index is -0.358. The van der Waals surface area contributed by atoms with E-state index in [9.17, 15) is 0 Å². The fraction of sp³-hybridized carbons (Fsp3) is 0.0667. The van der Waals surface area contributed by atoms with Gasteiger partial charge in [-0.2, -0.15) is 0 Å². The van der Waals surface area contributed by atoms with Crippen LogP contribution in [0.3, 0.4) is 0 Å². The van der Waals surface area contributed by atoms with E-state index in [-0.39, 0.29) is 5.54 Å². The van der Waals surface area contributed by atoms with Crippen molar-refractivity contribution in [2.75, 3.05) is 0 Å². The number of hydrogen-bond acceptors (Lipinski definition) is 2. The average Bonchev–Trinajstić information content (AvgIpc) is 2.77. The van der Waals surface area contributed by atoms with Crippen LogP contribution in [-0.4, -0.2) is 17.6 Å². The fourth-order valence-electron chi connectivity index (χ4n) is 2.63. The van der Waals surface area contributed by atoms with Gasteiger partial charge < -0.3 is 0 Å². The largest absolute Gasteiger partial charge is 0.251 e. The molecule has 17 heavy (non-hydrogen) atoms. The van der Waals surface area contributed by atoms with Crippen LogP contribution in [0.1, 0.15) is 0 Å². The molecule has 2 heteroatoms. The number of nitrogens with zero attached hydrogens (tertiary/aromatic N) is 2. The van der Waals surface area contributed by atoms with Crippen molar-refractivity contribution in [3.05, 3.63) is 58.5 Å². The van der Waals surface area contributed by atoms with Gasteiger partial charge in [-0.15, -0.1) is 0 Å². The number of hydrogen-bond donors (Lipinski definition) is 0. The van der Waals surface area contributed by atoms with Gasteiger partial charge in [0.15, 0.2) is 0 Å². The first-order valence-corrected chi connectivity index (χ1v) is 5.69. The van der Waals surface area contributed by atoms with Gasteiger partial charge in [-0.3, -0.25) is 4.99 Å². The molecule has 0 saturated heterocycles. The predicted octanol–water partition coefficient (Wildman–Crippen LogP) is 0.979. The summed E-state index contributed by atoms with van der Waals surface area (Å²) in [6, 6.07) is 8.38. The molecule has 0 bridgehead atoms. The Balaban J connectivity index is 2.14. The average molecular weight is 218 g/mol. The molecule has 1 spiro atoms. The van der Waals surface area contributed by atoms with Crippen molar-refractivity contribution >= 4 is 24.2 Å². The Labute approximate surface area is 98.7 Å². The molecule has 1 aromatic carbocycles. The Kier molecular flexibility index (Phi) is 1.52. The molecular weight excluding hydrogens is 208 g/mol. The fourth-order valence-corrected chi connectivity index (χ4v) is 2.63. The van der Waals surface area contributed by atoms with Crippen LogP contribution < -0.4 is 10.4 Å². The van der Waals surface area contributed by atoms with Crippen molar-refractivity contribution in [1.82, 2.24) is 0 Å². The van der Waals surface area contributed by atoms with Crippen LogP contribution >= 0.6 is 0 Å². The van der Waals surface area contributed by atoms with Gasteiger partial charge >= 0.3 is 0 Å². The zero-order valence-corrected chi connectivity index (χ0v) is 9.17. The van der Waals surface area contributed by atoms with E-state index in [4.69, 9.17) is 0 Å². The van der Waals surface area contributed by atoms with E-state index >= 15 is 0 Å². The van der Waals surface area contributed by atoms with E-state index in [2.05, 4.69) is 52.5 Å². The zero-order valence-electron chi connectivity index (χ0n) is 9.17. The Morgan fingerprint density at radius 3 is 2.88 bits per heavy atom.